The topological polar surface area (TPSA) is 0 Å². The smallest absolute Gasteiger partial charge is 0.0788 e. The first-order chi connectivity index (χ1) is 4.61. The van der Waals surface area contributed by atoms with Gasteiger partial charge in [0.15, 0.2) is 4.90 Å². The van der Waals surface area contributed by atoms with Gasteiger partial charge in [-0.05, 0) is 37.2 Å². The normalized spacial score (nSPS) is 10.0. The maximum Gasteiger partial charge on any atom is 0.187 e. The fourth-order valence-electron chi connectivity index (χ4n) is 0.700. The van der Waals surface area contributed by atoms with E-state index in [1.807, 2.05) is 19.1 Å². The van der Waals surface area contributed by atoms with Crippen molar-refractivity contribution in [1.82, 2.24) is 0 Å². The van der Waals surface area contributed by atoms with Crippen molar-refractivity contribution in [2.75, 3.05) is 0 Å². The Morgan fingerprint density at radius 3 is 2.00 bits per heavy atom. The summed E-state index contributed by atoms with van der Waals surface area (Å²) in [6.07, 6.45) is 0. The van der Waals surface area contributed by atoms with Gasteiger partial charge in [0.2, 0.25) is 0 Å². The highest BCUT2D eigenvalue weighted by atomic mass is 35.5. The first kappa shape index (κ1) is 8.25. The molecular formula is C7H7Cl2S+. The Morgan fingerprint density at radius 2 is 1.60 bits per heavy atom. The largest absolute Gasteiger partial charge is 0.187 e. The lowest BCUT2D eigenvalue weighted by atomic mass is 10.2. The molecule has 0 N–H and O–H groups in total. The molecule has 0 saturated carbocycles. The minimum atomic E-state index is 0.654. The van der Waals surface area contributed by atoms with Crippen LogP contribution in [0.3, 0.4) is 0 Å². The van der Waals surface area contributed by atoms with Crippen LogP contribution >= 0.6 is 23.2 Å². The van der Waals surface area contributed by atoms with Gasteiger partial charge in [0.1, 0.15) is 0 Å². The van der Waals surface area contributed by atoms with Crippen LogP contribution in [0.2, 0.25) is 10.0 Å². The Labute approximate surface area is 75.6 Å². The molecule has 0 aromatic heterocycles. The van der Waals surface area contributed by atoms with E-state index in [0.29, 0.717) is 10.0 Å². The lowest BCUT2D eigenvalue weighted by Gasteiger charge is -1.95. The summed E-state index contributed by atoms with van der Waals surface area (Å²) < 4.78 is 0. The third kappa shape index (κ3) is 1.60. The lowest BCUT2D eigenvalue weighted by Crippen LogP contribution is -1.78. The number of halogens is 2. The second kappa shape index (κ2) is 3.04. The van der Waals surface area contributed by atoms with E-state index < -0.39 is 0 Å². The molecule has 0 aliphatic rings. The summed E-state index contributed by atoms with van der Waals surface area (Å²) >= 11 is 14.9. The molecule has 0 unspecified atom stereocenters. The summed E-state index contributed by atoms with van der Waals surface area (Å²) in [5.41, 5.74) is 1.07. The minimum absolute atomic E-state index is 0.654. The van der Waals surface area contributed by atoms with Crippen LogP contribution < -0.4 is 0 Å². The van der Waals surface area contributed by atoms with E-state index in [9.17, 15) is 0 Å². The van der Waals surface area contributed by atoms with Crippen LogP contribution in [0.4, 0.5) is 0 Å². The van der Waals surface area contributed by atoms with E-state index in [4.69, 9.17) is 23.2 Å². The van der Waals surface area contributed by atoms with Gasteiger partial charge in [0.05, 0.1) is 10.0 Å². The second-order valence-corrected chi connectivity index (χ2v) is 3.42. The van der Waals surface area contributed by atoms with Gasteiger partial charge in [-0.3, -0.25) is 0 Å². The van der Waals surface area contributed by atoms with Crippen molar-refractivity contribution in [1.29, 1.82) is 0 Å². The number of benzene rings is 1. The molecule has 1 aromatic rings. The van der Waals surface area contributed by atoms with Crippen molar-refractivity contribution < 1.29 is 0 Å². The quantitative estimate of drug-likeness (QED) is 0.557. The molecule has 0 aliphatic carbocycles. The molecule has 0 radical (unpaired) electrons. The van der Waals surface area contributed by atoms with Crippen LogP contribution in [0.5, 0.6) is 0 Å². The van der Waals surface area contributed by atoms with Gasteiger partial charge in [-0.1, -0.05) is 23.2 Å². The summed E-state index contributed by atoms with van der Waals surface area (Å²) in [7, 11) is 0. The monoisotopic (exact) mass is 193 g/mol. The molecule has 1 rings (SSSR count). The third-order valence-corrected chi connectivity index (χ3v) is 2.64. The Balaban J connectivity index is 3.31. The fraction of sp³-hybridized carbons (Fsp3) is 0.143. The first-order valence-corrected chi connectivity index (χ1v) is 4.04. The number of rotatable bonds is 0. The number of aryl methyl sites for hydroxylation is 1. The van der Waals surface area contributed by atoms with E-state index in [1.54, 1.807) is 0 Å². The number of hydrogen-bond donors (Lipinski definition) is 0. The molecule has 0 atom stereocenters. The molecule has 3 heteroatoms. The molecule has 1 aromatic carbocycles. The third-order valence-electron chi connectivity index (χ3n) is 1.19. The molecule has 54 valence electrons. The summed E-state index contributed by atoms with van der Waals surface area (Å²) in [6.45, 7) is 1.95. The van der Waals surface area contributed by atoms with Gasteiger partial charge < -0.3 is 0 Å². The zero-order valence-electron chi connectivity index (χ0n) is 5.41. The van der Waals surface area contributed by atoms with Gasteiger partial charge in [-0.2, -0.15) is 0 Å². The molecule has 0 bridgehead atoms. The first-order valence-electron chi connectivity index (χ1n) is 2.78. The molecular weight excluding hydrogens is 187 g/mol. The molecule has 0 spiro atoms. The van der Waals surface area contributed by atoms with Crippen molar-refractivity contribution in [3.8, 4) is 0 Å². The zero-order chi connectivity index (χ0) is 7.72. The van der Waals surface area contributed by atoms with E-state index in [2.05, 4.69) is 12.6 Å². The molecule has 0 saturated heterocycles. The van der Waals surface area contributed by atoms with Crippen molar-refractivity contribution >= 4 is 35.8 Å². The summed E-state index contributed by atoms with van der Waals surface area (Å²) in [6, 6.07) is 3.71. The van der Waals surface area contributed by atoms with Gasteiger partial charge >= 0.3 is 0 Å². The Hall–Kier alpha value is 0.150. The highest BCUT2D eigenvalue weighted by Crippen LogP contribution is 2.25. The minimum Gasteiger partial charge on any atom is -0.0788 e. The van der Waals surface area contributed by atoms with Gasteiger partial charge in [0, 0.05) is 0 Å². The van der Waals surface area contributed by atoms with E-state index in [0.717, 1.165) is 10.5 Å². The predicted octanol–water partition coefficient (Wildman–Crippen LogP) is 2.67. The van der Waals surface area contributed by atoms with Crippen molar-refractivity contribution in [2.45, 2.75) is 11.8 Å². The van der Waals surface area contributed by atoms with E-state index >= 15 is 0 Å². The van der Waals surface area contributed by atoms with E-state index in [-0.39, 0.29) is 0 Å². The highest BCUT2D eigenvalue weighted by molar-refractivity contribution is 7.59. The van der Waals surface area contributed by atoms with Gasteiger partial charge in [-0.15, -0.1) is 0 Å². The van der Waals surface area contributed by atoms with Crippen molar-refractivity contribution in [2.24, 2.45) is 0 Å². The van der Waals surface area contributed by atoms with E-state index in [1.165, 1.54) is 0 Å². The molecule has 0 heterocycles. The maximum absolute atomic E-state index is 5.79. The molecule has 0 fully saturated rings. The Morgan fingerprint density at radius 1 is 1.20 bits per heavy atom. The highest BCUT2D eigenvalue weighted by Gasteiger charge is 2.06. The van der Waals surface area contributed by atoms with Crippen LogP contribution in [0.1, 0.15) is 5.56 Å². The predicted molar refractivity (Wildman–Crippen MR) is 49.6 cm³/mol. The number of hydrogen-bond acceptors (Lipinski definition) is 0. The van der Waals surface area contributed by atoms with Crippen LogP contribution in [-0.4, -0.2) is 0 Å². The second-order valence-electron chi connectivity index (χ2n) is 2.10. The molecule has 10 heavy (non-hydrogen) atoms. The molecule has 0 amide bonds. The lowest BCUT2D eigenvalue weighted by molar-refractivity contribution is 1.38. The molecule has 0 nitrogen and oxygen atoms in total. The fourth-order valence-corrected chi connectivity index (χ4v) is 1.44. The molecule has 0 aliphatic heterocycles. The van der Waals surface area contributed by atoms with Crippen LogP contribution in [-0.2, 0) is 12.6 Å². The zero-order valence-corrected chi connectivity index (χ0v) is 7.92. The van der Waals surface area contributed by atoms with Crippen molar-refractivity contribution in [3.63, 3.8) is 0 Å². The van der Waals surface area contributed by atoms with Crippen LogP contribution in [0.15, 0.2) is 17.0 Å². The summed E-state index contributed by atoms with van der Waals surface area (Å²) in [5, 5.41) is 1.31. The standard InChI is InChI=1S/C7H6Cl2S/c1-4-2-5(8)7(10)6(9)3-4/h2-3,10H,1H3/p+1. The average molecular weight is 194 g/mol. The van der Waals surface area contributed by atoms with Gasteiger partial charge in [0.25, 0.3) is 0 Å². The Kier molecular flexibility index (Phi) is 2.50. The maximum atomic E-state index is 5.79. The summed E-state index contributed by atoms with van der Waals surface area (Å²) in [4.78, 5) is 0.758. The SMILES string of the molecule is Cc1cc(Cl)c([SH2+])c(Cl)c1. The van der Waals surface area contributed by atoms with Crippen molar-refractivity contribution in [3.05, 3.63) is 27.7 Å². The Bertz CT molecular complexity index is 235. The van der Waals surface area contributed by atoms with Crippen LogP contribution in [0.25, 0.3) is 0 Å². The van der Waals surface area contributed by atoms with Gasteiger partial charge in [-0.25, -0.2) is 0 Å². The van der Waals surface area contributed by atoms with Crippen LogP contribution in [0, 0.1) is 6.92 Å². The average Bonchev–Trinajstić information content (AvgIpc) is 1.82. The summed E-state index contributed by atoms with van der Waals surface area (Å²) in [5.74, 6) is 0.